The minimum Gasteiger partial charge on any atom is -0.492 e. The molecule has 6 heteroatoms. The van der Waals surface area contributed by atoms with Crippen molar-refractivity contribution < 1.29 is 19.1 Å². The van der Waals surface area contributed by atoms with Gasteiger partial charge in [0.05, 0.1) is 5.92 Å². The Morgan fingerprint density at radius 2 is 2.13 bits per heavy atom. The van der Waals surface area contributed by atoms with Gasteiger partial charge in [-0.3, -0.25) is 9.59 Å². The normalized spacial score (nSPS) is 16.4. The topological polar surface area (TPSA) is 64.6 Å². The van der Waals surface area contributed by atoms with E-state index in [1.165, 1.54) is 0 Å². The Bertz CT molecular complexity index is 572. The number of hydrogen-bond acceptors (Lipinski definition) is 4. The first kappa shape index (κ1) is 17.6. The van der Waals surface area contributed by atoms with Crippen LogP contribution in [-0.2, 0) is 20.7 Å². The standard InChI is InChI=1S/C17H22ClNO4/c1-3-14(4-2)19-16(20)10-23-17(21)12-7-11-8-13(18)5-6-15(11)22-9-12/h5-6,8,12,14H,3-4,7,9-10H2,1-2H3,(H,19,20)/t12-/m0/s1. The molecule has 1 aliphatic rings. The minimum atomic E-state index is -0.421. The second-order valence-electron chi connectivity index (χ2n) is 5.65. The highest BCUT2D eigenvalue weighted by Crippen LogP contribution is 2.30. The van der Waals surface area contributed by atoms with Crippen molar-refractivity contribution in [3.8, 4) is 5.75 Å². The second kappa shape index (κ2) is 8.20. The van der Waals surface area contributed by atoms with Crippen LogP contribution in [0.3, 0.4) is 0 Å². The molecule has 2 rings (SSSR count). The van der Waals surface area contributed by atoms with Crippen molar-refractivity contribution in [2.75, 3.05) is 13.2 Å². The summed E-state index contributed by atoms with van der Waals surface area (Å²) in [5, 5.41) is 3.44. The van der Waals surface area contributed by atoms with Crippen LogP contribution >= 0.6 is 11.6 Å². The van der Waals surface area contributed by atoms with Gasteiger partial charge in [-0.05, 0) is 43.0 Å². The van der Waals surface area contributed by atoms with Gasteiger partial charge in [0.2, 0.25) is 0 Å². The second-order valence-corrected chi connectivity index (χ2v) is 6.09. The van der Waals surface area contributed by atoms with E-state index in [0.717, 1.165) is 24.2 Å². The van der Waals surface area contributed by atoms with E-state index in [-0.39, 0.29) is 25.2 Å². The molecule has 1 heterocycles. The van der Waals surface area contributed by atoms with Crippen LogP contribution in [0.25, 0.3) is 0 Å². The molecule has 0 aliphatic carbocycles. The fourth-order valence-electron chi connectivity index (χ4n) is 2.53. The predicted octanol–water partition coefficient (Wildman–Crippen LogP) is 2.74. The zero-order chi connectivity index (χ0) is 16.8. The first-order chi connectivity index (χ1) is 11.0. The van der Waals surface area contributed by atoms with Crippen molar-refractivity contribution in [2.45, 2.75) is 39.2 Å². The van der Waals surface area contributed by atoms with E-state index in [1.54, 1.807) is 18.2 Å². The lowest BCUT2D eigenvalue weighted by Gasteiger charge is -2.24. The van der Waals surface area contributed by atoms with Crippen molar-refractivity contribution >= 4 is 23.5 Å². The maximum Gasteiger partial charge on any atom is 0.313 e. The number of halogens is 1. The molecule has 0 radical (unpaired) electrons. The lowest BCUT2D eigenvalue weighted by Crippen LogP contribution is -2.38. The molecule has 1 amide bonds. The summed E-state index contributed by atoms with van der Waals surface area (Å²) in [6.45, 7) is 4.00. The van der Waals surface area contributed by atoms with Crippen LogP contribution in [0.2, 0.25) is 5.02 Å². The number of nitrogens with one attached hydrogen (secondary N) is 1. The minimum absolute atomic E-state index is 0.119. The van der Waals surface area contributed by atoms with Crippen LogP contribution in [0.5, 0.6) is 5.75 Å². The molecule has 0 bridgehead atoms. The first-order valence-corrected chi connectivity index (χ1v) is 8.28. The molecular formula is C17H22ClNO4. The van der Waals surface area contributed by atoms with Crippen LogP contribution in [0.15, 0.2) is 18.2 Å². The van der Waals surface area contributed by atoms with Crippen LogP contribution < -0.4 is 10.1 Å². The van der Waals surface area contributed by atoms with Gasteiger partial charge in [-0.1, -0.05) is 25.4 Å². The van der Waals surface area contributed by atoms with E-state index in [1.807, 2.05) is 13.8 Å². The van der Waals surface area contributed by atoms with E-state index >= 15 is 0 Å². The summed E-state index contributed by atoms with van der Waals surface area (Å²) in [7, 11) is 0. The van der Waals surface area contributed by atoms with Crippen LogP contribution in [0.1, 0.15) is 32.3 Å². The summed E-state index contributed by atoms with van der Waals surface area (Å²) in [4.78, 5) is 23.9. The molecule has 0 unspecified atom stereocenters. The Kier molecular flexibility index (Phi) is 6.28. The molecule has 1 N–H and O–H groups in total. The first-order valence-electron chi connectivity index (χ1n) is 7.90. The number of rotatable bonds is 6. The van der Waals surface area contributed by atoms with Crippen LogP contribution in [0, 0.1) is 5.92 Å². The Morgan fingerprint density at radius 3 is 2.83 bits per heavy atom. The van der Waals surface area contributed by atoms with Gasteiger partial charge in [0.1, 0.15) is 12.4 Å². The van der Waals surface area contributed by atoms with Crippen molar-refractivity contribution in [3.05, 3.63) is 28.8 Å². The third-order valence-corrected chi connectivity index (χ3v) is 4.19. The van der Waals surface area contributed by atoms with Gasteiger partial charge in [-0.25, -0.2) is 0 Å². The van der Waals surface area contributed by atoms with Gasteiger partial charge < -0.3 is 14.8 Å². The molecule has 1 aromatic carbocycles. The maximum absolute atomic E-state index is 12.1. The lowest BCUT2D eigenvalue weighted by atomic mass is 9.97. The Labute approximate surface area is 141 Å². The molecule has 0 saturated carbocycles. The number of ether oxygens (including phenoxy) is 2. The molecule has 0 aromatic heterocycles. The summed E-state index contributed by atoms with van der Waals surface area (Å²) in [5.74, 6) is -0.366. The molecular weight excluding hydrogens is 318 g/mol. The van der Waals surface area contributed by atoms with Gasteiger partial charge in [0.25, 0.3) is 5.91 Å². The highest BCUT2D eigenvalue weighted by Gasteiger charge is 2.28. The Hall–Kier alpha value is -1.75. The van der Waals surface area contributed by atoms with Gasteiger partial charge in [-0.15, -0.1) is 0 Å². The van der Waals surface area contributed by atoms with Crippen molar-refractivity contribution in [1.29, 1.82) is 0 Å². The fraction of sp³-hybridized carbons (Fsp3) is 0.529. The third-order valence-electron chi connectivity index (χ3n) is 3.96. The Morgan fingerprint density at radius 1 is 1.39 bits per heavy atom. The highest BCUT2D eigenvalue weighted by atomic mass is 35.5. The van der Waals surface area contributed by atoms with Gasteiger partial charge in [0, 0.05) is 11.1 Å². The number of hydrogen-bond donors (Lipinski definition) is 1. The van der Waals surface area contributed by atoms with Gasteiger partial charge in [0.15, 0.2) is 6.61 Å². The van der Waals surface area contributed by atoms with E-state index < -0.39 is 11.9 Å². The van der Waals surface area contributed by atoms with Crippen LogP contribution in [-0.4, -0.2) is 31.1 Å². The summed E-state index contributed by atoms with van der Waals surface area (Å²) in [5.41, 5.74) is 0.882. The number of carbonyl (C=O) groups is 2. The molecule has 1 atom stereocenters. The average molecular weight is 340 g/mol. The molecule has 1 aromatic rings. The number of amides is 1. The SMILES string of the molecule is CCC(CC)NC(=O)COC(=O)[C@@H]1COc2ccc(Cl)cc2C1. The molecule has 23 heavy (non-hydrogen) atoms. The van der Waals surface area contributed by atoms with Gasteiger partial charge in [-0.2, -0.15) is 0 Å². The van der Waals surface area contributed by atoms with Crippen molar-refractivity contribution in [2.24, 2.45) is 5.92 Å². The number of benzene rings is 1. The largest absolute Gasteiger partial charge is 0.492 e. The molecule has 0 saturated heterocycles. The predicted molar refractivity (Wildman–Crippen MR) is 87.6 cm³/mol. The maximum atomic E-state index is 12.1. The number of carbonyl (C=O) groups excluding carboxylic acids is 2. The lowest BCUT2D eigenvalue weighted by molar-refractivity contribution is -0.154. The zero-order valence-electron chi connectivity index (χ0n) is 13.4. The van der Waals surface area contributed by atoms with Crippen LogP contribution in [0.4, 0.5) is 0 Å². The molecule has 1 aliphatic heterocycles. The summed E-state index contributed by atoms with van der Waals surface area (Å²) in [6.07, 6.45) is 2.21. The van der Waals surface area contributed by atoms with Crippen molar-refractivity contribution in [1.82, 2.24) is 5.32 Å². The number of fused-ring (bicyclic) bond motifs is 1. The van der Waals surface area contributed by atoms with E-state index in [9.17, 15) is 9.59 Å². The number of esters is 1. The molecule has 5 nitrogen and oxygen atoms in total. The Balaban J connectivity index is 1.84. The van der Waals surface area contributed by atoms with E-state index in [0.29, 0.717) is 11.4 Å². The van der Waals surface area contributed by atoms with Gasteiger partial charge >= 0.3 is 5.97 Å². The zero-order valence-corrected chi connectivity index (χ0v) is 14.2. The summed E-state index contributed by atoms with van der Waals surface area (Å²) in [6, 6.07) is 5.45. The van der Waals surface area contributed by atoms with E-state index in [4.69, 9.17) is 21.1 Å². The molecule has 0 spiro atoms. The molecule has 0 fully saturated rings. The summed E-state index contributed by atoms with van der Waals surface area (Å²) >= 11 is 5.96. The molecule has 126 valence electrons. The monoisotopic (exact) mass is 339 g/mol. The average Bonchev–Trinajstić information content (AvgIpc) is 2.56. The van der Waals surface area contributed by atoms with Crippen molar-refractivity contribution in [3.63, 3.8) is 0 Å². The smallest absolute Gasteiger partial charge is 0.313 e. The van der Waals surface area contributed by atoms with E-state index in [2.05, 4.69) is 5.32 Å². The summed E-state index contributed by atoms with van der Waals surface area (Å²) < 4.78 is 10.7. The third kappa shape index (κ3) is 4.86. The quantitative estimate of drug-likeness (QED) is 0.809. The fourth-order valence-corrected chi connectivity index (χ4v) is 2.73. The highest BCUT2D eigenvalue weighted by molar-refractivity contribution is 6.30.